The van der Waals surface area contributed by atoms with Gasteiger partial charge in [0, 0.05) is 18.2 Å². The highest BCUT2D eigenvalue weighted by atomic mass is 16.3. The first-order chi connectivity index (χ1) is 4.79. The molecule has 0 saturated heterocycles. The van der Waals surface area contributed by atoms with E-state index in [-0.39, 0.29) is 11.8 Å². The molecule has 1 N–H and O–H groups in total. The predicted molar refractivity (Wildman–Crippen MR) is 35.0 cm³/mol. The minimum Gasteiger partial charge on any atom is -0.494 e. The van der Waals surface area contributed by atoms with Gasteiger partial charge in [0.15, 0.2) is 5.88 Å². The standard InChI is InChI=1S/C7H7NO2/c9-6-3-1-5-2-4-7(10)8(5)6/h1,3,9H,2,4H2. The Hall–Kier alpha value is -1.25. The fourth-order valence-electron chi connectivity index (χ4n) is 1.30. The van der Waals surface area contributed by atoms with E-state index in [4.69, 9.17) is 5.11 Å². The van der Waals surface area contributed by atoms with Gasteiger partial charge in [-0.15, -0.1) is 0 Å². The molecule has 2 rings (SSSR count). The Morgan fingerprint density at radius 3 is 2.90 bits per heavy atom. The van der Waals surface area contributed by atoms with Crippen LogP contribution in [0.25, 0.3) is 0 Å². The minimum atomic E-state index is -0.00231. The number of hydrogen-bond acceptors (Lipinski definition) is 2. The molecule has 0 aliphatic carbocycles. The number of fused-ring (bicyclic) bond motifs is 1. The Balaban J connectivity index is 2.65. The molecule has 0 amide bonds. The fraction of sp³-hybridized carbons (Fsp3) is 0.286. The Morgan fingerprint density at radius 1 is 1.40 bits per heavy atom. The second-order valence-electron chi connectivity index (χ2n) is 2.41. The van der Waals surface area contributed by atoms with Crippen molar-refractivity contribution in [2.24, 2.45) is 0 Å². The van der Waals surface area contributed by atoms with Crippen LogP contribution in [0.4, 0.5) is 0 Å². The Morgan fingerprint density at radius 2 is 2.20 bits per heavy atom. The lowest BCUT2D eigenvalue weighted by Gasteiger charge is -1.94. The van der Waals surface area contributed by atoms with Crippen molar-refractivity contribution in [3.05, 3.63) is 17.8 Å². The summed E-state index contributed by atoms with van der Waals surface area (Å²) < 4.78 is 1.36. The zero-order chi connectivity index (χ0) is 7.14. The molecular formula is C7H7NO2. The molecule has 0 radical (unpaired) electrons. The third-order valence-electron chi connectivity index (χ3n) is 1.79. The van der Waals surface area contributed by atoms with Crippen LogP contribution in [0, 0.1) is 0 Å². The van der Waals surface area contributed by atoms with Crippen molar-refractivity contribution in [3.8, 4) is 5.88 Å². The lowest BCUT2D eigenvalue weighted by Crippen LogP contribution is -2.01. The molecule has 0 aromatic carbocycles. The molecule has 1 aromatic rings. The SMILES string of the molecule is O=C1CCc2ccc(O)n21. The van der Waals surface area contributed by atoms with Gasteiger partial charge in [0.25, 0.3) is 0 Å². The highest BCUT2D eigenvalue weighted by molar-refractivity contribution is 5.84. The maximum absolute atomic E-state index is 11.0. The number of aromatic hydroxyl groups is 1. The number of aromatic nitrogens is 1. The summed E-state index contributed by atoms with van der Waals surface area (Å²) in [5.41, 5.74) is 0.919. The average Bonchev–Trinajstić information content (AvgIpc) is 2.40. The van der Waals surface area contributed by atoms with Crippen molar-refractivity contribution in [2.45, 2.75) is 12.8 Å². The van der Waals surface area contributed by atoms with Gasteiger partial charge in [-0.2, -0.15) is 0 Å². The maximum atomic E-state index is 11.0. The molecule has 0 spiro atoms. The lowest BCUT2D eigenvalue weighted by molar-refractivity contribution is 0.0916. The molecule has 3 heteroatoms. The van der Waals surface area contributed by atoms with E-state index < -0.39 is 0 Å². The van der Waals surface area contributed by atoms with Gasteiger partial charge in [-0.25, -0.2) is 0 Å². The van der Waals surface area contributed by atoms with E-state index in [0.29, 0.717) is 6.42 Å². The molecule has 52 valence electrons. The smallest absolute Gasteiger partial charge is 0.234 e. The van der Waals surface area contributed by atoms with Gasteiger partial charge in [0.2, 0.25) is 5.91 Å². The van der Waals surface area contributed by atoms with E-state index in [9.17, 15) is 4.79 Å². The van der Waals surface area contributed by atoms with Crippen LogP contribution in [0.1, 0.15) is 16.9 Å². The summed E-state index contributed by atoms with van der Waals surface area (Å²) in [5, 5.41) is 9.08. The van der Waals surface area contributed by atoms with Crippen LogP contribution < -0.4 is 0 Å². The third-order valence-corrected chi connectivity index (χ3v) is 1.79. The first kappa shape index (κ1) is 5.53. The van der Waals surface area contributed by atoms with E-state index >= 15 is 0 Å². The van der Waals surface area contributed by atoms with Crippen LogP contribution in [-0.2, 0) is 6.42 Å². The summed E-state index contributed by atoms with van der Waals surface area (Å²) in [5.74, 6) is 0.0648. The number of carbonyl (C=O) groups is 1. The lowest BCUT2D eigenvalue weighted by atomic mass is 10.3. The van der Waals surface area contributed by atoms with Crippen LogP contribution in [0.3, 0.4) is 0 Å². The molecule has 0 fully saturated rings. The van der Waals surface area contributed by atoms with Crippen LogP contribution in [0.5, 0.6) is 5.88 Å². The molecule has 1 aliphatic rings. The number of hydrogen-bond donors (Lipinski definition) is 1. The number of carbonyl (C=O) groups excluding carboxylic acids is 1. The zero-order valence-corrected chi connectivity index (χ0v) is 5.37. The van der Waals surface area contributed by atoms with Crippen molar-refractivity contribution in [1.82, 2.24) is 4.57 Å². The summed E-state index contributed by atoms with van der Waals surface area (Å²) in [6.45, 7) is 0. The molecular weight excluding hydrogens is 130 g/mol. The first-order valence-corrected chi connectivity index (χ1v) is 3.22. The van der Waals surface area contributed by atoms with E-state index in [0.717, 1.165) is 12.1 Å². The van der Waals surface area contributed by atoms with Crippen molar-refractivity contribution in [1.29, 1.82) is 0 Å². The number of nitrogens with zero attached hydrogens (tertiary/aromatic N) is 1. The second-order valence-corrected chi connectivity index (χ2v) is 2.41. The Bertz CT molecular complexity index is 288. The van der Waals surface area contributed by atoms with Crippen LogP contribution in [-0.4, -0.2) is 15.6 Å². The average molecular weight is 137 g/mol. The van der Waals surface area contributed by atoms with E-state index in [1.807, 2.05) is 0 Å². The Kier molecular flexibility index (Phi) is 0.897. The molecule has 0 atom stereocenters. The number of aryl methyl sites for hydroxylation is 1. The quantitative estimate of drug-likeness (QED) is 0.574. The van der Waals surface area contributed by atoms with E-state index in [2.05, 4.69) is 0 Å². The van der Waals surface area contributed by atoms with Crippen molar-refractivity contribution in [2.75, 3.05) is 0 Å². The highest BCUT2D eigenvalue weighted by Crippen LogP contribution is 2.22. The fourth-order valence-corrected chi connectivity index (χ4v) is 1.30. The summed E-state index contributed by atoms with van der Waals surface area (Å²) >= 11 is 0. The van der Waals surface area contributed by atoms with E-state index in [1.54, 1.807) is 12.1 Å². The highest BCUT2D eigenvalue weighted by Gasteiger charge is 2.20. The van der Waals surface area contributed by atoms with Gasteiger partial charge >= 0.3 is 0 Å². The van der Waals surface area contributed by atoms with Crippen molar-refractivity contribution >= 4 is 5.91 Å². The van der Waals surface area contributed by atoms with Gasteiger partial charge in [-0.3, -0.25) is 9.36 Å². The van der Waals surface area contributed by atoms with Gasteiger partial charge in [-0.05, 0) is 12.5 Å². The Labute approximate surface area is 57.9 Å². The summed E-state index contributed by atoms with van der Waals surface area (Å²) in [6.07, 6.45) is 1.29. The van der Waals surface area contributed by atoms with Crippen LogP contribution >= 0.6 is 0 Å². The molecule has 10 heavy (non-hydrogen) atoms. The van der Waals surface area contributed by atoms with E-state index in [1.165, 1.54) is 4.57 Å². The normalized spacial score (nSPS) is 15.8. The van der Waals surface area contributed by atoms with Gasteiger partial charge in [-0.1, -0.05) is 0 Å². The van der Waals surface area contributed by atoms with Gasteiger partial charge in [0.1, 0.15) is 0 Å². The first-order valence-electron chi connectivity index (χ1n) is 3.22. The molecule has 0 bridgehead atoms. The van der Waals surface area contributed by atoms with Gasteiger partial charge in [0.05, 0.1) is 0 Å². The predicted octanol–water partition coefficient (Wildman–Crippen LogP) is 0.780. The molecule has 1 aromatic heterocycles. The van der Waals surface area contributed by atoms with Crippen molar-refractivity contribution in [3.63, 3.8) is 0 Å². The summed E-state index contributed by atoms with van der Waals surface area (Å²) in [6, 6.07) is 3.33. The zero-order valence-electron chi connectivity index (χ0n) is 5.37. The monoisotopic (exact) mass is 137 g/mol. The largest absolute Gasteiger partial charge is 0.494 e. The number of rotatable bonds is 0. The van der Waals surface area contributed by atoms with Crippen LogP contribution in [0.15, 0.2) is 12.1 Å². The van der Waals surface area contributed by atoms with Crippen molar-refractivity contribution < 1.29 is 9.90 Å². The summed E-state index contributed by atoms with van der Waals surface area (Å²) in [7, 11) is 0. The molecule has 1 aliphatic heterocycles. The molecule has 0 saturated carbocycles. The molecule has 2 heterocycles. The topological polar surface area (TPSA) is 42.2 Å². The van der Waals surface area contributed by atoms with Gasteiger partial charge < -0.3 is 5.11 Å². The van der Waals surface area contributed by atoms with Crippen LogP contribution in [0.2, 0.25) is 0 Å². The second kappa shape index (κ2) is 1.62. The third kappa shape index (κ3) is 0.518. The molecule has 0 unspecified atom stereocenters. The maximum Gasteiger partial charge on any atom is 0.234 e. The summed E-state index contributed by atoms with van der Waals surface area (Å²) in [4.78, 5) is 11.0. The minimum absolute atomic E-state index is 0.00231. The molecule has 3 nitrogen and oxygen atoms in total.